The number of ether oxygens (including phenoxy) is 2. The predicted octanol–water partition coefficient (Wildman–Crippen LogP) is 4.63. The number of rotatable bonds is 11. The predicted molar refractivity (Wildman–Crippen MR) is 134 cm³/mol. The molecule has 1 saturated carbocycles. The van der Waals surface area contributed by atoms with Crippen molar-refractivity contribution in [3.05, 3.63) is 59.2 Å². The molecule has 3 aromatic rings. The smallest absolute Gasteiger partial charge is 0.227 e. The molecule has 0 atom stereocenters. The van der Waals surface area contributed by atoms with Gasteiger partial charge < -0.3 is 25.4 Å². The van der Waals surface area contributed by atoms with E-state index >= 15 is 0 Å². The number of nitrogens with zero attached hydrogens (tertiary/aromatic N) is 2. The van der Waals surface area contributed by atoms with E-state index in [1.165, 1.54) is 0 Å². The number of benzene rings is 2. The van der Waals surface area contributed by atoms with E-state index in [0.29, 0.717) is 35.5 Å². The third-order valence-electron chi connectivity index (χ3n) is 5.47. The number of carbonyl (C=O) groups excluding carboxylic acids is 1. The van der Waals surface area contributed by atoms with Gasteiger partial charge in [0.05, 0.1) is 30.1 Å². The summed E-state index contributed by atoms with van der Waals surface area (Å²) in [4.78, 5) is 21.0. The van der Waals surface area contributed by atoms with Gasteiger partial charge in [-0.1, -0.05) is 23.7 Å². The van der Waals surface area contributed by atoms with Crippen LogP contribution in [0.4, 0.5) is 17.3 Å². The first-order valence-electron chi connectivity index (χ1n) is 11.1. The molecule has 1 aromatic heterocycles. The molecule has 0 aliphatic heterocycles. The molecule has 2 aromatic carbocycles. The highest BCUT2D eigenvalue weighted by Gasteiger charge is 2.29. The second-order valence-electron chi connectivity index (χ2n) is 8.04. The van der Waals surface area contributed by atoms with Crippen molar-refractivity contribution in [2.75, 3.05) is 38.0 Å². The van der Waals surface area contributed by atoms with Gasteiger partial charge in [0, 0.05) is 55.2 Å². The van der Waals surface area contributed by atoms with E-state index in [1.807, 2.05) is 30.3 Å². The number of hydrogen-bond donors (Lipinski definition) is 3. The van der Waals surface area contributed by atoms with E-state index in [4.69, 9.17) is 21.1 Å². The van der Waals surface area contributed by atoms with E-state index in [-0.39, 0.29) is 11.8 Å². The molecule has 0 bridgehead atoms. The fourth-order valence-electron chi connectivity index (χ4n) is 3.43. The molecule has 1 fully saturated rings. The van der Waals surface area contributed by atoms with Gasteiger partial charge in [0.15, 0.2) is 0 Å². The minimum absolute atomic E-state index is 0.0235. The first-order valence-corrected chi connectivity index (χ1v) is 11.5. The van der Waals surface area contributed by atoms with Gasteiger partial charge in [0.2, 0.25) is 11.9 Å². The number of methoxy groups -OCH3 is 2. The van der Waals surface area contributed by atoms with Crippen molar-refractivity contribution in [3.63, 3.8) is 0 Å². The third kappa shape index (κ3) is 6.22. The summed E-state index contributed by atoms with van der Waals surface area (Å²) in [7, 11) is 3.33. The Balaban J connectivity index is 1.45. The maximum absolute atomic E-state index is 12.0. The SMILES string of the molecule is COCCNCc1ccc(Nc2nccc(-c3ccc(NC(=O)C4CC4)c(Cl)c3)n2)cc1OC. The van der Waals surface area contributed by atoms with Gasteiger partial charge in [-0.15, -0.1) is 0 Å². The number of carbonyl (C=O) groups is 1. The molecule has 1 aliphatic carbocycles. The second kappa shape index (κ2) is 11.3. The second-order valence-corrected chi connectivity index (χ2v) is 8.45. The van der Waals surface area contributed by atoms with Crippen LogP contribution in [0.25, 0.3) is 11.3 Å². The average molecular weight is 482 g/mol. The third-order valence-corrected chi connectivity index (χ3v) is 5.78. The Kier molecular flexibility index (Phi) is 7.95. The van der Waals surface area contributed by atoms with Gasteiger partial charge in [0.1, 0.15) is 5.75 Å². The minimum Gasteiger partial charge on any atom is -0.496 e. The van der Waals surface area contributed by atoms with E-state index in [1.54, 1.807) is 32.5 Å². The lowest BCUT2D eigenvalue weighted by atomic mass is 10.1. The van der Waals surface area contributed by atoms with E-state index in [9.17, 15) is 4.79 Å². The molecule has 9 heteroatoms. The number of aromatic nitrogens is 2. The maximum Gasteiger partial charge on any atom is 0.227 e. The summed E-state index contributed by atoms with van der Waals surface area (Å²) in [5.41, 5.74) is 4.01. The topological polar surface area (TPSA) is 97.4 Å². The first-order chi connectivity index (χ1) is 16.6. The van der Waals surface area contributed by atoms with Crippen molar-refractivity contribution in [1.82, 2.24) is 15.3 Å². The number of amides is 1. The fourth-order valence-corrected chi connectivity index (χ4v) is 3.66. The number of anilines is 3. The van der Waals surface area contributed by atoms with Gasteiger partial charge in [-0.3, -0.25) is 4.79 Å². The Morgan fingerprint density at radius 3 is 2.74 bits per heavy atom. The molecular formula is C25H28ClN5O3. The van der Waals surface area contributed by atoms with Crippen molar-refractivity contribution in [2.24, 2.45) is 5.92 Å². The van der Waals surface area contributed by atoms with Gasteiger partial charge in [-0.25, -0.2) is 9.97 Å². The zero-order valence-corrected chi connectivity index (χ0v) is 20.0. The molecule has 1 aliphatic rings. The molecule has 8 nitrogen and oxygen atoms in total. The van der Waals surface area contributed by atoms with Crippen molar-refractivity contribution < 1.29 is 14.3 Å². The Labute approximate surface area is 204 Å². The molecule has 1 heterocycles. The molecule has 0 radical (unpaired) electrons. The average Bonchev–Trinajstić information content (AvgIpc) is 3.69. The van der Waals surface area contributed by atoms with Gasteiger partial charge >= 0.3 is 0 Å². The fraction of sp³-hybridized carbons (Fsp3) is 0.320. The summed E-state index contributed by atoms with van der Waals surface area (Å²) in [5.74, 6) is 1.36. The zero-order valence-electron chi connectivity index (χ0n) is 19.2. The maximum atomic E-state index is 12.0. The number of hydrogen-bond acceptors (Lipinski definition) is 7. The minimum atomic E-state index is 0.0235. The van der Waals surface area contributed by atoms with Crippen LogP contribution in [0.15, 0.2) is 48.7 Å². The Hall–Kier alpha value is -3.20. The van der Waals surface area contributed by atoms with Gasteiger partial charge in [0.25, 0.3) is 0 Å². The lowest BCUT2D eigenvalue weighted by Crippen LogP contribution is -2.18. The quantitative estimate of drug-likeness (QED) is 0.343. The van der Waals surface area contributed by atoms with Crippen molar-refractivity contribution >= 4 is 34.8 Å². The Morgan fingerprint density at radius 2 is 2.00 bits per heavy atom. The molecular weight excluding hydrogens is 454 g/mol. The summed E-state index contributed by atoms with van der Waals surface area (Å²) in [5, 5.41) is 9.91. The molecule has 178 valence electrons. The zero-order chi connectivity index (χ0) is 23.9. The van der Waals surface area contributed by atoms with Crippen molar-refractivity contribution in [2.45, 2.75) is 19.4 Å². The largest absolute Gasteiger partial charge is 0.496 e. The highest BCUT2D eigenvalue weighted by molar-refractivity contribution is 6.34. The summed E-state index contributed by atoms with van der Waals surface area (Å²) < 4.78 is 10.6. The van der Waals surface area contributed by atoms with Crippen LogP contribution in [0.5, 0.6) is 5.75 Å². The summed E-state index contributed by atoms with van der Waals surface area (Å²) in [6, 6.07) is 13.2. The highest BCUT2D eigenvalue weighted by Crippen LogP contribution is 2.33. The summed E-state index contributed by atoms with van der Waals surface area (Å²) in [6.45, 7) is 2.09. The monoisotopic (exact) mass is 481 g/mol. The molecule has 1 amide bonds. The van der Waals surface area contributed by atoms with Crippen molar-refractivity contribution in [1.29, 1.82) is 0 Å². The summed E-state index contributed by atoms with van der Waals surface area (Å²) >= 11 is 6.42. The number of halogens is 1. The van der Waals surface area contributed by atoms with Crippen LogP contribution in [0.2, 0.25) is 5.02 Å². The molecule has 34 heavy (non-hydrogen) atoms. The Morgan fingerprint density at radius 1 is 1.15 bits per heavy atom. The molecule has 0 unspecified atom stereocenters. The van der Waals surface area contributed by atoms with Gasteiger partial charge in [-0.2, -0.15) is 0 Å². The standard InChI is InChI=1S/C25H28ClN5O3/c1-33-12-11-27-15-18-5-7-19(14-23(18)34-2)29-25-28-10-9-21(31-25)17-6-8-22(20(26)13-17)30-24(32)16-3-4-16/h5-10,13-14,16,27H,3-4,11-12,15H2,1-2H3,(H,30,32)(H,28,29,31). The highest BCUT2D eigenvalue weighted by atomic mass is 35.5. The van der Waals surface area contributed by atoms with Gasteiger partial charge in [-0.05, 0) is 37.1 Å². The lowest BCUT2D eigenvalue weighted by Gasteiger charge is -2.13. The number of nitrogens with one attached hydrogen (secondary N) is 3. The lowest BCUT2D eigenvalue weighted by molar-refractivity contribution is -0.117. The van der Waals surface area contributed by atoms with E-state index < -0.39 is 0 Å². The van der Waals surface area contributed by atoms with Crippen LogP contribution in [0.3, 0.4) is 0 Å². The van der Waals surface area contributed by atoms with Crippen LogP contribution in [-0.4, -0.2) is 43.2 Å². The van der Waals surface area contributed by atoms with E-state index in [0.717, 1.165) is 42.0 Å². The normalized spacial score (nSPS) is 12.9. The Bertz CT molecular complexity index is 1150. The van der Waals surface area contributed by atoms with Crippen LogP contribution in [0.1, 0.15) is 18.4 Å². The summed E-state index contributed by atoms with van der Waals surface area (Å²) in [6.07, 6.45) is 3.57. The molecule has 4 rings (SSSR count). The van der Waals surface area contributed by atoms with Crippen LogP contribution >= 0.6 is 11.6 Å². The molecule has 0 saturated heterocycles. The molecule has 0 spiro atoms. The van der Waals surface area contributed by atoms with Crippen molar-refractivity contribution in [3.8, 4) is 17.0 Å². The first kappa shape index (κ1) is 23.9. The van der Waals surface area contributed by atoms with Crippen LogP contribution in [-0.2, 0) is 16.1 Å². The van der Waals surface area contributed by atoms with E-state index in [2.05, 4.69) is 25.9 Å². The van der Waals surface area contributed by atoms with Crippen LogP contribution in [0, 0.1) is 5.92 Å². The van der Waals surface area contributed by atoms with Crippen LogP contribution < -0.4 is 20.7 Å². The molecule has 3 N–H and O–H groups in total.